The lowest BCUT2D eigenvalue weighted by Crippen LogP contribution is -2.47. The standard InChI is InChI=1S/C26H35FN4O6.C25H31FN4O5/c1-26(2,3)37-24(34)29-17-7-11-19(12-8-17)31-22(32)20-13-16(27)14-28-21(20)30(25(31)35)18-9-5-15(6-10-18)23(33)36-4;1-35-24(33)15-4-8-18(9-5-15)29-21-20(12-16(26)13-27-21)23(32)30(25(29)34)19-10-6-17(7-11-19)28-22(31)14-2-3-14/h13-15,17-19H,5-12H2,1-4H3,(H,29,34);12-15,17-19H,2-11H2,1H3,(H,28,31). The average molecular weight is 1010 g/mol. The predicted molar refractivity (Wildman–Crippen MR) is 259 cm³/mol. The third-order valence-electron chi connectivity index (χ3n) is 15.2. The Morgan fingerprint density at radius 1 is 0.528 bits per heavy atom. The number of hydrogen-bond acceptors (Lipinski definition) is 13. The first kappa shape index (κ1) is 52.1. The molecule has 0 spiro atoms. The number of alkyl carbamates (subject to hydrolysis) is 1. The number of carbonyl (C=O) groups excluding carboxylic acids is 4. The van der Waals surface area contributed by atoms with Gasteiger partial charge in [0, 0.05) is 42.2 Å². The van der Waals surface area contributed by atoms with Crippen LogP contribution < -0.4 is 33.1 Å². The third kappa shape index (κ3) is 11.5. The van der Waals surface area contributed by atoms with E-state index < -0.39 is 45.8 Å². The molecule has 0 aromatic carbocycles. The molecular weight excluding hydrogens is 939 g/mol. The van der Waals surface area contributed by atoms with Crippen molar-refractivity contribution in [2.45, 2.75) is 178 Å². The fourth-order valence-corrected chi connectivity index (χ4v) is 11.3. The van der Waals surface area contributed by atoms with Gasteiger partial charge in [-0.05, 0) is 148 Å². The van der Waals surface area contributed by atoms with Crippen LogP contribution in [-0.2, 0) is 28.6 Å². The minimum absolute atomic E-state index is 0.0467. The van der Waals surface area contributed by atoms with Gasteiger partial charge in [-0.1, -0.05) is 0 Å². The van der Waals surface area contributed by atoms with Crippen molar-refractivity contribution in [2.24, 2.45) is 17.8 Å². The Bertz CT molecular complexity index is 2930. The smallest absolute Gasteiger partial charge is 0.407 e. The SMILES string of the molecule is COC(=O)C1CCC(n2c(=O)n(C3CCC(NC(=O)C4CC4)CC3)c(=O)c3cc(F)cnc32)CC1.COC(=O)C1CCC(n2c(=O)n(C3CCC(NC(=O)OC(C)(C)C)CC3)c(=O)c3cc(F)cnc32)CC1. The Hall–Kier alpha value is -6.28. The van der Waals surface area contributed by atoms with Gasteiger partial charge < -0.3 is 24.8 Å². The first-order chi connectivity index (χ1) is 34.3. The Morgan fingerprint density at radius 3 is 1.24 bits per heavy atom. The second-order valence-electron chi connectivity index (χ2n) is 21.2. The van der Waals surface area contributed by atoms with Gasteiger partial charge >= 0.3 is 29.4 Å². The van der Waals surface area contributed by atoms with Gasteiger partial charge in [0.05, 0.1) is 49.2 Å². The van der Waals surface area contributed by atoms with Crippen molar-refractivity contribution in [1.82, 2.24) is 38.9 Å². The van der Waals surface area contributed by atoms with Gasteiger partial charge in [0.1, 0.15) is 28.5 Å². The van der Waals surface area contributed by atoms with Gasteiger partial charge in [-0.15, -0.1) is 0 Å². The van der Waals surface area contributed by atoms with E-state index in [4.69, 9.17) is 14.2 Å². The molecule has 0 saturated heterocycles. The number of methoxy groups -OCH3 is 2. The molecule has 0 atom stereocenters. The van der Waals surface area contributed by atoms with Crippen molar-refractivity contribution >= 4 is 46.0 Å². The van der Waals surface area contributed by atoms with E-state index in [2.05, 4.69) is 20.6 Å². The molecule has 19 nitrogen and oxygen atoms in total. The molecule has 0 bridgehead atoms. The van der Waals surface area contributed by atoms with Crippen LogP contribution in [-0.4, -0.2) is 84.1 Å². The molecule has 0 aliphatic heterocycles. The number of aromatic nitrogens is 6. The number of ether oxygens (including phenoxy) is 3. The number of halogens is 2. The molecule has 5 fully saturated rings. The number of nitrogens with one attached hydrogen (secondary N) is 2. The number of pyridine rings is 2. The van der Waals surface area contributed by atoms with E-state index in [9.17, 15) is 47.1 Å². The molecule has 0 radical (unpaired) electrons. The molecule has 4 heterocycles. The van der Waals surface area contributed by atoms with Crippen LogP contribution in [0.4, 0.5) is 13.6 Å². The summed E-state index contributed by atoms with van der Waals surface area (Å²) in [6.07, 6.45) is 12.5. The highest BCUT2D eigenvalue weighted by Gasteiger charge is 2.36. The average Bonchev–Trinajstić information content (AvgIpc) is 4.22. The molecule has 2 N–H and O–H groups in total. The minimum Gasteiger partial charge on any atom is -0.469 e. The van der Waals surface area contributed by atoms with E-state index in [-0.39, 0.29) is 93.9 Å². The number of esters is 2. The van der Waals surface area contributed by atoms with E-state index in [1.165, 1.54) is 32.5 Å². The zero-order valence-electron chi connectivity index (χ0n) is 41.7. The molecule has 5 saturated carbocycles. The number of hydrogen-bond donors (Lipinski definition) is 2. The van der Waals surface area contributed by atoms with E-state index in [0.29, 0.717) is 103 Å². The topological polar surface area (TPSA) is 234 Å². The van der Waals surface area contributed by atoms with E-state index in [1.807, 2.05) is 0 Å². The molecular formula is C51H66F2N8O11. The predicted octanol–water partition coefficient (Wildman–Crippen LogP) is 6.22. The van der Waals surface area contributed by atoms with Gasteiger partial charge in [0.25, 0.3) is 11.1 Å². The van der Waals surface area contributed by atoms with Crippen molar-refractivity contribution in [3.05, 3.63) is 77.8 Å². The normalized spacial score (nSPS) is 25.7. The first-order valence-electron chi connectivity index (χ1n) is 25.5. The summed E-state index contributed by atoms with van der Waals surface area (Å²) in [5, 5.41) is 6.10. The molecule has 9 rings (SSSR count). The zero-order valence-corrected chi connectivity index (χ0v) is 41.7. The monoisotopic (exact) mass is 1000 g/mol. The van der Waals surface area contributed by atoms with Crippen LogP contribution >= 0.6 is 0 Å². The Balaban J connectivity index is 0.000000193. The van der Waals surface area contributed by atoms with E-state index in [0.717, 1.165) is 37.4 Å². The lowest BCUT2D eigenvalue weighted by molar-refractivity contribution is -0.147. The fraction of sp³-hybridized carbons (Fsp3) is 0.647. The highest BCUT2D eigenvalue weighted by Crippen LogP contribution is 2.36. The van der Waals surface area contributed by atoms with Crippen molar-refractivity contribution in [1.29, 1.82) is 0 Å². The Kier molecular flexibility index (Phi) is 15.8. The minimum atomic E-state index is -0.652. The summed E-state index contributed by atoms with van der Waals surface area (Å²) in [6.45, 7) is 5.38. The first-order valence-corrected chi connectivity index (χ1v) is 25.5. The second-order valence-corrected chi connectivity index (χ2v) is 21.2. The lowest BCUT2D eigenvalue weighted by Gasteiger charge is -2.32. The number of carbonyl (C=O) groups is 4. The summed E-state index contributed by atoms with van der Waals surface area (Å²) in [5.74, 6) is -2.01. The summed E-state index contributed by atoms with van der Waals surface area (Å²) in [4.78, 5) is 111. The Labute approximate surface area is 414 Å². The molecule has 0 unspecified atom stereocenters. The van der Waals surface area contributed by atoms with E-state index >= 15 is 0 Å². The molecule has 72 heavy (non-hydrogen) atoms. The molecule has 4 aromatic rings. The molecule has 2 amide bonds. The van der Waals surface area contributed by atoms with Crippen molar-refractivity contribution in [3.8, 4) is 0 Å². The van der Waals surface area contributed by atoms with Gasteiger partial charge in [-0.3, -0.25) is 42.2 Å². The maximum absolute atomic E-state index is 14.1. The second kappa shape index (κ2) is 21.8. The maximum Gasteiger partial charge on any atom is 0.407 e. The highest BCUT2D eigenvalue weighted by atomic mass is 19.1. The van der Waals surface area contributed by atoms with Crippen molar-refractivity contribution < 1.29 is 42.2 Å². The maximum atomic E-state index is 14.1. The van der Waals surface area contributed by atoms with Gasteiger partial charge in [0.2, 0.25) is 5.91 Å². The highest BCUT2D eigenvalue weighted by molar-refractivity contribution is 5.81. The summed E-state index contributed by atoms with van der Waals surface area (Å²) in [7, 11) is 2.73. The van der Waals surface area contributed by atoms with E-state index in [1.54, 1.807) is 20.8 Å². The van der Waals surface area contributed by atoms with Crippen molar-refractivity contribution in [2.75, 3.05) is 14.2 Å². The third-order valence-corrected chi connectivity index (χ3v) is 15.2. The van der Waals surface area contributed by atoms with Gasteiger partial charge in [-0.2, -0.15) is 0 Å². The zero-order chi connectivity index (χ0) is 51.6. The molecule has 5 aliphatic rings. The molecule has 4 aromatic heterocycles. The number of fused-ring (bicyclic) bond motifs is 2. The summed E-state index contributed by atoms with van der Waals surface area (Å²) >= 11 is 0. The van der Waals surface area contributed by atoms with Crippen LogP contribution in [0.15, 0.2) is 43.7 Å². The van der Waals surface area contributed by atoms with Crippen LogP contribution in [0.1, 0.15) is 161 Å². The van der Waals surface area contributed by atoms with Gasteiger partial charge in [0.15, 0.2) is 0 Å². The van der Waals surface area contributed by atoms with Crippen LogP contribution in [0.3, 0.4) is 0 Å². The summed E-state index contributed by atoms with van der Waals surface area (Å²) in [5.41, 5.74) is -2.25. The largest absolute Gasteiger partial charge is 0.469 e. The number of nitrogens with zero attached hydrogens (tertiary/aromatic N) is 6. The Morgan fingerprint density at radius 2 is 0.875 bits per heavy atom. The summed E-state index contributed by atoms with van der Waals surface area (Å²) in [6, 6.07) is 0.973. The quantitative estimate of drug-likeness (QED) is 0.140. The fourth-order valence-electron chi connectivity index (χ4n) is 11.3. The van der Waals surface area contributed by atoms with Crippen LogP contribution in [0, 0.1) is 29.4 Å². The number of amides is 2. The molecule has 390 valence electrons. The number of rotatable bonds is 9. The molecule has 21 heteroatoms. The molecule has 5 aliphatic carbocycles. The lowest BCUT2D eigenvalue weighted by atomic mass is 9.86. The summed E-state index contributed by atoms with van der Waals surface area (Å²) < 4.78 is 48.8. The van der Waals surface area contributed by atoms with Crippen molar-refractivity contribution in [3.63, 3.8) is 0 Å². The van der Waals surface area contributed by atoms with Crippen LogP contribution in [0.2, 0.25) is 0 Å². The van der Waals surface area contributed by atoms with Gasteiger partial charge in [-0.25, -0.2) is 33.1 Å². The van der Waals surface area contributed by atoms with Crippen LogP contribution in [0.5, 0.6) is 0 Å². The van der Waals surface area contributed by atoms with Crippen LogP contribution in [0.25, 0.3) is 22.1 Å².